The molecule has 0 saturated carbocycles. The number of aliphatic hydroxyl groups is 1. The molecule has 0 unspecified atom stereocenters. The standard InChI is InChI=1S/C41H53N3O9/c1-24-18-30(23-45)37(42)33(46)21-28(5)44(22-34(47)32-16-11-14-29-13-8-9-15-31(29)32)40(49)25(2)12-10-17-35(51-6)39(53-41(43)50)27(4)20-26(3)38(48)36(19-24)52-7/h8-17,21,23-24,26-27,35-36,38-39,48H,18-20,22,42H2,1-7H3,(H2,43,50)/b17-10-,25-12+,28-21+,37-30+/t24-,26+,27-,35+,36+,38-,39+/m1/s1. The summed E-state index contributed by atoms with van der Waals surface area (Å²) in [5.74, 6) is -2.56. The van der Waals surface area contributed by atoms with E-state index in [0.717, 1.165) is 11.5 Å². The van der Waals surface area contributed by atoms with Crippen LogP contribution >= 0.6 is 0 Å². The Morgan fingerprint density at radius 1 is 0.981 bits per heavy atom. The summed E-state index contributed by atoms with van der Waals surface area (Å²) in [5.41, 5.74) is 12.2. The van der Waals surface area contributed by atoms with Gasteiger partial charge in [0, 0.05) is 42.7 Å². The number of ketones is 2. The Bertz CT molecular complexity index is 1770. The molecule has 0 aliphatic carbocycles. The topological polar surface area (TPSA) is 189 Å². The van der Waals surface area contributed by atoms with Crippen LogP contribution in [0.25, 0.3) is 10.8 Å². The van der Waals surface area contributed by atoms with E-state index in [1.807, 2.05) is 51.1 Å². The zero-order chi connectivity index (χ0) is 39.4. The molecule has 5 N–H and O–H groups in total. The summed E-state index contributed by atoms with van der Waals surface area (Å²) in [4.78, 5) is 66.8. The maximum atomic E-state index is 14.1. The van der Waals surface area contributed by atoms with Gasteiger partial charge in [-0.15, -0.1) is 0 Å². The molecular weight excluding hydrogens is 678 g/mol. The predicted molar refractivity (Wildman–Crippen MR) is 202 cm³/mol. The molecule has 286 valence electrons. The van der Waals surface area contributed by atoms with Crippen LogP contribution in [0.5, 0.6) is 0 Å². The smallest absolute Gasteiger partial charge is 0.404 e. The largest absolute Gasteiger partial charge is 0.443 e. The number of hydrogen-bond acceptors (Lipinski definition) is 10. The van der Waals surface area contributed by atoms with Crippen molar-refractivity contribution in [3.8, 4) is 0 Å². The van der Waals surface area contributed by atoms with Crippen molar-refractivity contribution in [1.29, 1.82) is 0 Å². The van der Waals surface area contributed by atoms with Crippen LogP contribution in [0.3, 0.4) is 0 Å². The number of amides is 2. The minimum Gasteiger partial charge on any atom is -0.443 e. The summed E-state index contributed by atoms with van der Waals surface area (Å²) < 4.78 is 16.9. The molecule has 12 heteroatoms. The number of methoxy groups -OCH3 is 2. The molecule has 1 aliphatic rings. The number of aliphatic hydroxyl groups excluding tert-OH is 1. The number of primary amides is 1. The monoisotopic (exact) mass is 731 g/mol. The minimum absolute atomic E-state index is 0.0615. The van der Waals surface area contributed by atoms with Gasteiger partial charge >= 0.3 is 6.09 Å². The number of nitrogens with two attached hydrogens (primary N) is 2. The molecule has 0 fully saturated rings. The molecular formula is C41H53N3O9. The van der Waals surface area contributed by atoms with Crippen LogP contribution in [0.2, 0.25) is 0 Å². The van der Waals surface area contributed by atoms with Gasteiger partial charge in [0.05, 0.1) is 24.4 Å². The van der Waals surface area contributed by atoms with Gasteiger partial charge in [0.1, 0.15) is 18.5 Å². The van der Waals surface area contributed by atoms with Crippen molar-refractivity contribution in [3.63, 3.8) is 0 Å². The predicted octanol–water partition coefficient (Wildman–Crippen LogP) is 5.19. The first kappa shape index (κ1) is 42.5. The molecule has 0 bridgehead atoms. The Morgan fingerprint density at radius 2 is 1.66 bits per heavy atom. The van der Waals surface area contributed by atoms with Crippen molar-refractivity contribution >= 4 is 40.6 Å². The van der Waals surface area contributed by atoms with E-state index >= 15 is 0 Å². The highest BCUT2D eigenvalue weighted by molar-refractivity contribution is 6.11. The summed E-state index contributed by atoms with van der Waals surface area (Å²) in [6.07, 6.45) is 3.02. The highest BCUT2D eigenvalue weighted by Crippen LogP contribution is 2.29. The molecule has 12 nitrogen and oxygen atoms in total. The Kier molecular flexibility index (Phi) is 15.9. The Morgan fingerprint density at radius 3 is 2.30 bits per heavy atom. The molecule has 0 spiro atoms. The molecule has 53 heavy (non-hydrogen) atoms. The molecule has 1 aliphatic heterocycles. The first-order chi connectivity index (χ1) is 25.1. The molecule has 2 amide bonds. The summed E-state index contributed by atoms with van der Waals surface area (Å²) >= 11 is 0. The van der Waals surface area contributed by atoms with Crippen LogP contribution in [0.4, 0.5) is 4.79 Å². The van der Waals surface area contributed by atoms with Gasteiger partial charge in [-0.3, -0.25) is 19.2 Å². The summed E-state index contributed by atoms with van der Waals surface area (Å²) in [6, 6.07) is 12.7. The number of carbonyl (C=O) groups is 5. The van der Waals surface area contributed by atoms with E-state index in [1.54, 1.807) is 31.2 Å². The Hall–Kier alpha value is -4.91. The van der Waals surface area contributed by atoms with Gasteiger partial charge in [-0.2, -0.15) is 0 Å². The van der Waals surface area contributed by atoms with Crippen molar-refractivity contribution < 1.29 is 43.3 Å². The lowest BCUT2D eigenvalue weighted by molar-refractivity contribution is -0.124. The van der Waals surface area contributed by atoms with Crippen molar-refractivity contribution in [2.24, 2.45) is 29.2 Å². The van der Waals surface area contributed by atoms with E-state index < -0.39 is 48.7 Å². The van der Waals surface area contributed by atoms with Crippen molar-refractivity contribution in [1.82, 2.24) is 4.90 Å². The normalized spacial score (nSPS) is 30.0. The second-order valence-corrected chi connectivity index (χ2v) is 13.9. The van der Waals surface area contributed by atoms with Crippen molar-refractivity contribution in [2.75, 3.05) is 20.8 Å². The number of hydrogen-bond donors (Lipinski definition) is 3. The van der Waals surface area contributed by atoms with Crippen molar-refractivity contribution in [3.05, 3.63) is 94.9 Å². The van der Waals surface area contributed by atoms with Gasteiger partial charge in [-0.25, -0.2) is 4.79 Å². The van der Waals surface area contributed by atoms with E-state index in [-0.39, 0.29) is 52.5 Å². The van der Waals surface area contributed by atoms with Crippen LogP contribution in [-0.2, 0) is 28.6 Å². The lowest BCUT2D eigenvalue weighted by atomic mass is 9.83. The number of aldehydes is 1. The zero-order valence-electron chi connectivity index (χ0n) is 31.6. The van der Waals surface area contributed by atoms with Crippen LogP contribution in [0.1, 0.15) is 64.2 Å². The van der Waals surface area contributed by atoms with Gasteiger partial charge in [-0.05, 0) is 61.6 Å². The quantitative estimate of drug-likeness (QED) is 0.253. The molecule has 0 aromatic heterocycles. The van der Waals surface area contributed by atoms with Crippen LogP contribution in [-0.4, -0.2) is 85.0 Å². The van der Waals surface area contributed by atoms with Crippen molar-refractivity contribution in [2.45, 2.75) is 78.3 Å². The lowest BCUT2D eigenvalue weighted by Crippen LogP contribution is -2.41. The summed E-state index contributed by atoms with van der Waals surface area (Å²) in [6.45, 7) is 8.23. The molecule has 7 atom stereocenters. The van der Waals surface area contributed by atoms with Crippen LogP contribution in [0.15, 0.2) is 89.3 Å². The van der Waals surface area contributed by atoms with E-state index in [2.05, 4.69) is 0 Å². The maximum absolute atomic E-state index is 14.1. The van der Waals surface area contributed by atoms with Gasteiger partial charge < -0.3 is 35.7 Å². The SMILES string of the molecule is CO[C@H]1/C=C\C=C(/C)C(=O)N(CC(=O)c2cccc3ccccc23)/C(C)=C/C(=O)/C(N)=C(\C=O)C[C@@H](C)C[C@H](OC)[C@H](O)[C@@H](C)C[C@@H](C)[C@@H]1OC(N)=O. The zero-order valence-corrected chi connectivity index (χ0v) is 31.6. The average molecular weight is 732 g/mol. The Balaban J connectivity index is 2.15. The number of rotatable bonds is 7. The van der Waals surface area contributed by atoms with E-state index in [1.165, 1.54) is 32.1 Å². The second kappa shape index (κ2) is 19.8. The number of fused-ring (bicyclic) bond motifs is 1. The van der Waals surface area contributed by atoms with E-state index in [4.69, 9.17) is 25.7 Å². The highest BCUT2D eigenvalue weighted by Gasteiger charge is 2.34. The highest BCUT2D eigenvalue weighted by atomic mass is 16.6. The minimum atomic E-state index is -0.997. The lowest BCUT2D eigenvalue weighted by Gasteiger charge is -2.33. The number of carbonyl (C=O) groups excluding carboxylic acids is 5. The van der Waals surface area contributed by atoms with Gasteiger partial charge in [-0.1, -0.05) is 81.5 Å². The summed E-state index contributed by atoms with van der Waals surface area (Å²) in [5, 5.41) is 12.9. The first-order valence-electron chi connectivity index (χ1n) is 17.7. The third kappa shape index (κ3) is 11.3. The van der Waals surface area contributed by atoms with Crippen LogP contribution in [0, 0.1) is 17.8 Å². The van der Waals surface area contributed by atoms with Gasteiger partial charge in [0.15, 0.2) is 5.78 Å². The molecule has 0 radical (unpaired) electrons. The molecule has 3 rings (SSSR count). The maximum Gasteiger partial charge on any atom is 0.404 e. The fourth-order valence-electron chi connectivity index (χ4n) is 6.79. The average Bonchev–Trinajstić information content (AvgIpc) is 3.13. The van der Waals surface area contributed by atoms with E-state index in [9.17, 15) is 29.1 Å². The van der Waals surface area contributed by atoms with E-state index in [0.29, 0.717) is 30.1 Å². The number of allylic oxidation sites excluding steroid dienone is 5. The number of Topliss-reactive ketones (excluding diaryl/α,β-unsaturated/α-hetero) is 1. The number of ether oxygens (including phenoxy) is 3. The molecule has 0 saturated heterocycles. The molecule has 2 aromatic carbocycles. The fourth-order valence-corrected chi connectivity index (χ4v) is 6.79. The van der Waals surface area contributed by atoms with Crippen LogP contribution < -0.4 is 11.5 Å². The fraction of sp³-hybridized carbons (Fsp3) is 0.439. The number of benzene rings is 2. The Labute approximate surface area is 311 Å². The molecule has 2 aromatic rings. The van der Waals surface area contributed by atoms with Gasteiger partial charge in [0.2, 0.25) is 5.78 Å². The number of nitrogens with zero attached hydrogens (tertiary/aromatic N) is 1. The first-order valence-corrected chi connectivity index (χ1v) is 17.7. The second-order valence-electron chi connectivity index (χ2n) is 13.9. The molecule has 1 heterocycles. The summed E-state index contributed by atoms with van der Waals surface area (Å²) in [7, 11) is 2.93. The third-order valence-corrected chi connectivity index (χ3v) is 9.76. The van der Waals surface area contributed by atoms with Gasteiger partial charge in [0.25, 0.3) is 5.91 Å². The third-order valence-electron chi connectivity index (χ3n) is 9.76.